The average Bonchev–Trinajstić information content (AvgIpc) is 2.99. The third-order valence-electron chi connectivity index (χ3n) is 2.87. The van der Waals surface area contributed by atoms with Gasteiger partial charge in [0.15, 0.2) is 10.6 Å². The number of aromatic nitrogens is 4. The zero-order valence-corrected chi connectivity index (χ0v) is 10.8. The van der Waals surface area contributed by atoms with Gasteiger partial charge in [0, 0.05) is 18.0 Å². The molecule has 1 N–H and O–H groups in total. The number of aromatic amines is 1. The maximum Gasteiger partial charge on any atom is 0.195 e. The highest BCUT2D eigenvalue weighted by Crippen LogP contribution is 2.30. The van der Waals surface area contributed by atoms with Crippen LogP contribution in [0.2, 0.25) is 0 Å². The number of hydrogen-bond donors (Lipinski definition) is 1. The second-order valence-electron chi connectivity index (χ2n) is 3.95. The van der Waals surface area contributed by atoms with Crippen molar-refractivity contribution in [2.24, 2.45) is 0 Å². The van der Waals surface area contributed by atoms with Gasteiger partial charge >= 0.3 is 0 Å². The predicted molar refractivity (Wildman–Crippen MR) is 71.6 cm³/mol. The molecule has 0 spiro atoms. The molecule has 2 aromatic rings. The van der Waals surface area contributed by atoms with Crippen LogP contribution in [0.1, 0.15) is 12.5 Å². The Bertz CT molecular complexity index is 554. The fraction of sp³-hybridized carbons (Fsp3) is 0.364. The summed E-state index contributed by atoms with van der Waals surface area (Å²) in [6, 6.07) is 6.28. The van der Waals surface area contributed by atoms with Crippen LogP contribution in [-0.4, -0.2) is 31.3 Å². The monoisotopic (exact) mass is 264 g/mol. The molecule has 0 aromatic carbocycles. The van der Waals surface area contributed by atoms with E-state index in [2.05, 4.69) is 19.7 Å². The van der Waals surface area contributed by atoms with E-state index in [1.54, 1.807) is 6.20 Å². The van der Waals surface area contributed by atoms with Gasteiger partial charge in [0.2, 0.25) is 0 Å². The van der Waals surface area contributed by atoms with E-state index < -0.39 is 0 Å². The van der Waals surface area contributed by atoms with Gasteiger partial charge in [-0.05, 0) is 36.5 Å². The van der Waals surface area contributed by atoms with Crippen LogP contribution < -0.4 is 0 Å². The average molecular weight is 264 g/mol. The molecule has 4 nitrogen and oxygen atoms in total. The van der Waals surface area contributed by atoms with Crippen molar-refractivity contribution in [1.29, 1.82) is 0 Å². The van der Waals surface area contributed by atoms with E-state index in [0.717, 1.165) is 23.7 Å². The van der Waals surface area contributed by atoms with Gasteiger partial charge in [0.05, 0.1) is 0 Å². The molecule has 0 bridgehead atoms. The van der Waals surface area contributed by atoms with E-state index >= 15 is 0 Å². The Kier molecular flexibility index (Phi) is 2.98. The van der Waals surface area contributed by atoms with Gasteiger partial charge in [-0.3, -0.25) is 14.6 Å². The molecule has 1 aliphatic heterocycles. The SMILES string of the molecule is S=c1[nH]nc(-c2ccccn2)n1C1CCSC1. The molecule has 2 aromatic heterocycles. The topological polar surface area (TPSA) is 46.5 Å². The minimum atomic E-state index is 0.447. The van der Waals surface area contributed by atoms with Crippen molar-refractivity contribution in [2.45, 2.75) is 12.5 Å². The van der Waals surface area contributed by atoms with Crippen LogP contribution in [0.15, 0.2) is 24.4 Å². The Morgan fingerprint density at radius 3 is 3.12 bits per heavy atom. The van der Waals surface area contributed by atoms with E-state index in [-0.39, 0.29) is 0 Å². The fourth-order valence-electron chi connectivity index (χ4n) is 2.04. The highest BCUT2D eigenvalue weighted by atomic mass is 32.2. The molecule has 1 aliphatic rings. The molecule has 3 rings (SSSR count). The van der Waals surface area contributed by atoms with Crippen molar-refractivity contribution in [2.75, 3.05) is 11.5 Å². The van der Waals surface area contributed by atoms with Crippen molar-refractivity contribution in [3.63, 3.8) is 0 Å². The normalized spacial score (nSPS) is 19.6. The summed E-state index contributed by atoms with van der Waals surface area (Å²) in [6.45, 7) is 0. The van der Waals surface area contributed by atoms with Gasteiger partial charge in [-0.2, -0.15) is 16.9 Å². The molecule has 88 valence electrons. The standard InChI is InChI=1S/C11H12N4S2/c16-11-14-13-10(9-3-1-2-5-12-9)15(11)8-4-6-17-7-8/h1-3,5,8H,4,6-7H2,(H,14,16). The van der Waals surface area contributed by atoms with Gasteiger partial charge in [-0.1, -0.05) is 6.07 Å². The summed E-state index contributed by atoms with van der Waals surface area (Å²) in [5.74, 6) is 3.15. The molecular weight excluding hydrogens is 252 g/mol. The van der Waals surface area contributed by atoms with Gasteiger partial charge in [0.25, 0.3) is 0 Å². The summed E-state index contributed by atoms with van der Waals surface area (Å²) in [4.78, 5) is 4.34. The molecule has 1 fully saturated rings. The number of pyridine rings is 1. The van der Waals surface area contributed by atoms with Crippen molar-refractivity contribution < 1.29 is 0 Å². The first-order chi connectivity index (χ1) is 8.36. The van der Waals surface area contributed by atoms with Crippen LogP contribution >= 0.6 is 24.0 Å². The van der Waals surface area contributed by atoms with Crippen LogP contribution in [-0.2, 0) is 0 Å². The summed E-state index contributed by atoms with van der Waals surface area (Å²) in [5.41, 5.74) is 0.872. The van der Waals surface area contributed by atoms with Crippen molar-refractivity contribution >= 4 is 24.0 Å². The quantitative estimate of drug-likeness (QED) is 0.847. The van der Waals surface area contributed by atoms with Crippen LogP contribution in [0.5, 0.6) is 0 Å². The highest BCUT2D eigenvalue weighted by Gasteiger charge is 2.22. The third-order valence-corrected chi connectivity index (χ3v) is 4.30. The Morgan fingerprint density at radius 1 is 1.47 bits per heavy atom. The van der Waals surface area contributed by atoms with E-state index in [9.17, 15) is 0 Å². The fourth-order valence-corrected chi connectivity index (χ4v) is 3.52. The van der Waals surface area contributed by atoms with Crippen LogP contribution in [0.4, 0.5) is 0 Å². The van der Waals surface area contributed by atoms with Gasteiger partial charge in [-0.25, -0.2) is 0 Å². The van der Waals surface area contributed by atoms with E-state index in [0.29, 0.717) is 10.8 Å². The van der Waals surface area contributed by atoms with Gasteiger partial charge < -0.3 is 0 Å². The van der Waals surface area contributed by atoms with Gasteiger partial charge in [0.1, 0.15) is 5.69 Å². The zero-order valence-electron chi connectivity index (χ0n) is 9.17. The van der Waals surface area contributed by atoms with Crippen molar-refractivity contribution in [3.05, 3.63) is 29.2 Å². The first kappa shape index (κ1) is 11.0. The molecule has 0 radical (unpaired) electrons. The Labute approximate surface area is 108 Å². The zero-order chi connectivity index (χ0) is 11.7. The Balaban J connectivity index is 2.09. The molecule has 1 unspecified atom stereocenters. The summed E-state index contributed by atoms with van der Waals surface area (Å²) < 4.78 is 2.80. The number of nitrogens with one attached hydrogen (secondary N) is 1. The predicted octanol–water partition coefficient (Wildman–Crippen LogP) is 2.68. The lowest BCUT2D eigenvalue weighted by atomic mass is 10.2. The first-order valence-electron chi connectivity index (χ1n) is 5.52. The van der Waals surface area contributed by atoms with Crippen molar-refractivity contribution in [1.82, 2.24) is 19.7 Å². The molecule has 6 heteroatoms. The third kappa shape index (κ3) is 2.02. The van der Waals surface area contributed by atoms with Gasteiger partial charge in [-0.15, -0.1) is 0 Å². The molecular formula is C11H12N4S2. The second kappa shape index (κ2) is 4.62. The van der Waals surface area contributed by atoms with E-state index in [1.165, 1.54) is 5.75 Å². The first-order valence-corrected chi connectivity index (χ1v) is 7.08. The Morgan fingerprint density at radius 2 is 2.41 bits per heavy atom. The van der Waals surface area contributed by atoms with E-state index in [4.69, 9.17) is 12.2 Å². The van der Waals surface area contributed by atoms with Crippen molar-refractivity contribution in [3.8, 4) is 11.5 Å². The number of hydrogen-bond acceptors (Lipinski definition) is 4. The van der Waals surface area contributed by atoms with Crippen LogP contribution in [0.25, 0.3) is 11.5 Å². The molecule has 1 atom stereocenters. The molecule has 17 heavy (non-hydrogen) atoms. The molecule has 0 saturated carbocycles. The smallest absolute Gasteiger partial charge is 0.195 e. The summed E-state index contributed by atoms with van der Waals surface area (Å²) >= 11 is 7.28. The van der Waals surface area contributed by atoms with E-state index in [1.807, 2.05) is 30.0 Å². The molecule has 0 amide bonds. The highest BCUT2D eigenvalue weighted by molar-refractivity contribution is 7.99. The summed E-state index contributed by atoms with van der Waals surface area (Å²) in [6.07, 6.45) is 2.93. The maximum atomic E-state index is 5.32. The summed E-state index contributed by atoms with van der Waals surface area (Å²) in [7, 11) is 0. The lowest BCUT2D eigenvalue weighted by Crippen LogP contribution is -2.10. The number of nitrogens with zero attached hydrogens (tertiary/aromatic N) is 3. The minimum absolute atomic E-state index is 0.447. The number of thioether (sulfide) groups is 1. The molecule has 3 heterocycles. The maximum absolute atomic E-state index is 5.32. The minimum Gasteiger partial charge on any atom is -0.295 e. The lowest BCUT2D eigenvalue weighted by molar-refractivity contribution is 0.557. The van der Waals surface area contributed by atoms with Crippen LogP contribution in [0, 0.1) is 4.77 Å². The van der Waals surface area contributed by atoms with Crippen LogP contribution in [0.3, 0.4) is 0 Å². The molecule has 0 aliphatic carbocycles. The number of rotatable bonds is 2. The second-order valence-corrected chi connectivity index (χ2v) is 5.49. The number of H-pyrrole nitrogens is 1. The Hall–Kier alpha value is -1.14. The molecule has 1 saturated heterocycles. The largest absolute Gasteiger partial charge is 0.295 e. The lowest BCUT2D eigenvalue weighted by Gasteiger charge is -2.12. The summed E-state index contributed by atoms with van der Waals surface area (Å²) in [5, 5.41) is 7.18.